The van der Waals surface area contributed by atoms with Gasteiger partial charge in [-0.2, -0.15) is 0 Å². The Morgan fingerprint density at radius 1 is 1.64 bits per heavy atom. The fourth-order valence-corrected chi connectivity index (χ4v) is 2.06. The third kappa shape index (κ3) is 1.22. The number of carbonyl (C=O) groups is 1. The van der Waals surface area contributed by atoms with Gasteiger partial charge in [0.25, 0.3) is 0 Å². The summed E-state index contributed by atoms with van der Waals surface area (Å²) in [5, 5.41) is 8.93. The Hall–Kier alpha value is -1.32. The second-order valence-electron chi connectivity index (χ2n) is 3.81. The van der Waals surface area contributed by atoms with E-state index in [2.05, 4.69) is 9.55 Å². The molecule has 1 aromatic rings. The molecule has 0 saturated carbocycles. The normalized spacial score (nSPS) is 16.7. The Labute approximate surface area is 82.6 Å². The number of imidazole rings is 1. The molecule has 2 heterocycles. The highest BCUT2D eigenvalue weighted by Gasteiger charge is 2.26. The number of aliphatic carboxylic acids is 1. The number of hydrogen-bond donors (Lipinski definition) is 1. The largest absolute Gasteiger partial charge is 0.481 e. The van der Waals surface area contributed by atoms with Gasteiger partial charge < -0.3 is 9.67 Å². The molecule has 14 heavy (non-hydrogen) atoms. The molecule has 76 valence electrons. The minimum absolute atomic E-state index is 0.483. The Morgan fingerprint density at radius 2 is 2.36 bits per heavy atom. The molecule has 0 fully saturated rings. The van der Waals surface area contributed by atoms with Crippen molar-refractivity contribution in [2.75, 3.05) is 0 Å². The van der Waals surface area contributed by atoms with E-state index in [0.717, 1.165) is 36.6 Å². The maximum atomic E-state index is 10.9. The van der Waals surface area contributed by atoms with Crippen LogP contribution in [0.15, 0.2) is 0 Å². The maximum Gasteiger partial charge on any atom is 0.312 e. The molecule has 1 atom stereocenters. The summed E-state index contributed by atoms with van der Waals surface area (Å²) in [5.74, 6) is -0.332. The highest BCUT2D eigenvalue weighted by atomic mass is 16.4. The van der Waals surface area contributed by atoms with E-state index in [-0.39, 0.29) is 0 Å². The number of aryl methyl sites for hydroxylation is 1. The van der Waals surface area contributed by atoms with E-state index in [1.165, 1.54) is 0 Å². The minimum Gasteiger partial charge on any atom is -0.481 e. The van der Waals surface area contributed by atoms with Gasteiger partial charge in [0, 0.05) is 12.2 Å². The van der Waals surface area contributed by atoms with Gasteiger partial charge in [0.15, 0.2) is 0 Å². The summed E-state index contributed by atoms with van der Waals surface area (Å²) in [4.78, 5) is 15.2. The highest BCUT2D eigenvalue weighted by Crippen LogP contribution is 2.26. The van der Waals surface area contributed by atoms with Crippen LogP contribution in [-0.4, -0.2) is 20.6 Å². The molecule has 0 saturated heterocycles. The Kier molecular flexibility index (Phi) is 2.06. The SMILES string of the molecule is Cc1nc(C(C)C(=O)O)c2n1CCC2. The minimum atomic E-state index is -0.794. The Morgan fingerprint density at radius 3 is 3.00 bits per heavy atom. The molecule has 1 N–H and O–H groups in total. The molecule has 0 aliphatic carbocycles. The van der Waals surface area contributed by atoms with E-state index < -0.39 is 11.9 Å². The second-order valence-corrected chi connectivity index (χ2v) is 3.81. The van der Waals surface area contributed by atoms with E-state index in [0.29, 0.717) is 0 Å². The van der Waals surface area contributed by atoms with Crippen LogP contribution in [0.1, 0.15) is 36.5 Å². The van der Waals surface area contributed by atoms with Gasteiger partial charge in [-0.1, -0.05) is 0 Å². The zero-order chi connectivity index (χ0) is 10.3. The van der Waals surface area contributed by atoms with Crippen LogP contribution in [-0.2, 0) is 17.8 Å². The third-order valence-electron chi connectivity index (χ3n) is 2.87. The number of rotatable bonds is 2. The number of carboxylic acids is 1. The molecule has 1 aromatic heterocycles. The van der Waals surface area contributed by atoms with Crippen LogP contribution in [0.3, 0.4) is 0 Å². The van der Waals surface area contributed by atoms with Gasteiger partial charge in [-0.25, -0.2) is 4.98 Å². The van der Waals surface area contributed by atoms with Crippen LogP contribution in [0.4, 0.5) is 0 Å². The van der Waals surface area contributed by atoms with Crippen molar-refractivity contribution in [2.24, 2.45) is 0 Å². The molecule has 1 aliphatic rings. The fraction of sp³-hybridized carbons (Fsp3) is 0.600. The van der Waals surface area contributed by atoms with Crippen molar-refractivity contribution in [3.63, 3.8) is 0 Å². The van der Waals surface area contributed by atoms with Crippen molar-refractivity contribution in [1.29, 1.82) is 0 Å². The van der Waals surface area contributed by atoms with E-state index in [9.17, 15) is 4.79 Å². The molecule has 2 rings (SSSR count). The van der Waals surface area contributed by atoms with Gasteiger partial charge in [-0.3, -0.25) is 4.79 Å². The zero-order valence-corrected chi connectivity index (χ0v) is 8.45. The van der Waals surface area contributed by atoms with Crippen molar-refractivity contribution in [3.8, 4) is 0 Å². The van der Waals surface area contributed by atoms with Crippen LogP contribution in [0.2, 0.25) is 0 Å². The number of carboxylic acid groups (broad SMARTS) is 1. The first kappa shape index (κ1) is 9.24. The van der Waals surface area contributed by atoms with Gasteiger partial charge in [-0.15, -0.1) is 0 Å². The Balaban J connectivity index is 2.44. The van der Waals surface area contributed by atoms with E-state index in [4.69, 9.17) is 5.11 Å². The van der Waals surface area contributed by atoms with Crippen molar-refractivity contribution in [3.05, 3.63) is 17.2 Å². The molecular formula is C10H14N2O2. The zero-order valence-electron chi connectivity index (χ0n) is 8.45. The topological polar surface area (TPSA) is 55.1 Å². The average molecular weight is 194 g/mol. The summed E-state index contributed by atoms with van der Waals surface area (Å²) >= 11 is 0. The van der Waals surface area contributed by atoms with Crippen LogP contribution in [0.25, 0.3) is 0 Å². The molecule has 0 bridgehead atoms. The fourth-order valence-electron chi connectivity index (χ4n) is 2.06. The number of hydrogen-bond acceptors (Lipinski definition) is 2. The van der Waals surface area contributed by atoms with Crippen molar-refractivity contribution < 1.29 is 9.90 Å². The number of nitrogens with zero attached hydrogens (tertiary/aromatic N) is 2. The second kappa shape index (κ2) is 3.12. The molecule has 0 aromatic carbocycles. The molecule has 4 nitrogen and oxygen atoms in total. The van der Waals surface area contributed by atoms with E-state index >= 15 is 0 Å². The summed E-state index contributed by atoms with van der Waals surface area (Å²) in [6.45, 7) is 4.62. The first-order chi connectivity index (χ1) is 6.61. The summed E-state index contributed by atoms with van der Waals surface area (Å²) < 4.78 is 2.13. The lowest BCUT2D eigenvalue weighted by atomic mass is 10.1. The van der Waals surface area contributed by atoms with Gasteiger partial charge in [0.05, 0.1) is 11.6 Å². The van der Waals surface area contributed by atoms with Gasteiger partial charge in [-0.05, 0) is 26.7 Å². The summed E-state index contributed by atoms with van der Waals surface area (Å²) in [7, 11) is 0. The molecule has 0 spiro atoms. The Bertz CT molecular complexity index is 382. The van der Waals surface area contributed by atoms with Gasteiger partial charge >= 0.3 is 5.97 Å². The van der Waals surface area contributed by atoms with Crippen LogP contribution >= 0.6 is 0 Å². The van der Waals surface area contributed by atoms with Gasteiger partial charge in [0.2, 0.25) is 0 Å². The predicted molar refractivity (Wildman–Crippen MR) is 51.3 cm³/mol. The van der Waals surface area contributed by atoms with Crippen LogP contribution in [0.5, 0.6) is 0 Å². The lowest BCUT2D eigenvalue weighted by Gasteiger charge is -2.03. The third-order valence-corrected chi connectivity index (χ3v) is 2.87. The van der Waals surface area contributed by atoms with Crippen molar-refractivity contribution >= 4 is 5.97 Å². The number of aromatic nitrogens is 2. The maximum absolute atomic E-state index is 10.9. The molecular weight excluding hydrogens is 180 g/mol. The summed E-state index contributed by atoms with van der Waals surface area (Å²) in [6, 6.07) is 0. The monoisotopic (exact) mass is 194 g/mol. The molecule has 1 unspecified atom stereocenters. The predicted octanol–water partition coefficient (Wildman–Crippen LogP) is 1.33. The quantitative estimate of drug-likeness (QED) is 0.772. The van der Waals surface area contributed by atoms with Gasteiger partial charge in [0.1, 0.15) is 5.82 Å². The summed E-state index contributed by atoms with van der Waals surface area (Å²) in [5.41, 5.74) is 1.88. The lowest BCUT2D eigenvalue weighted by molar-refractivity contribution is -0.138. The van der Waals surface area contributed by atoms with Crippen molar-refractivity contribution in [1.82, 2.24) is 9.55 Å². The van der Waals surface area contributed by atoms with E-state index in [1.54, 1.807) is 6.92 Å². The standard InChI is InChI=1S/C10H14N2O2/c1-6(10(13)14)9-8-4-3-5-12(8)7(2)11-9/h6H,3-5H2,1-2H3,(H,13,14). The average Bonchev–Trinajstić information content (AvgIpc) is 2.68. The van der Waals surface area contributed by atoms with E-state index in [1.807, 2.05) is 6.92 Å². The van der Waals surface area contributed by atoms with Crippen molar-refractivity contribution in [2.45, 2.75) is 39.2 Å². The molecule has 0 radical (unpaired) electrons. The highest BCUT2D eigenvalue weighted by molar-refractivity contribution is 5.75. The first-order valence-corrected chi connectivity index (χ1v) is 4.90. The summed E-state index contributed by atoms with van der Waals surface area (Å²) in [6.07, 6.45) is 2.08. The first-order valence-electron chi connectivity index (χ1n) is 4.90. The molecule has 4 heteroatoms. The van der Waals surface area contributed by atoms with Crippen LogP contribution < -0.4 is 0 Å². The smallest absolute Gasteiger partial charge is 0.312 e. The molecule has 1 aliphatic heterocycles. The molecule has 0 amide bonds. The lowest BCUT2D eigenvalue weighted by Crippen LogP contribution is -2.09. The van der Waals surface area contributed by atoms with Crippen LogP contribution in [0, 0.1) is 6.92 Å². The number of fused-ring (bicyclic) bond motifs is 1.